The molecule has 0 aliphatic rings. The first-order valence-corrected chi connectivity index (χ1v) is 10.3. The van der Waals surface area contributed by atoms with Crippen LogP contribution in [0, 0.1) is 5.82 Å². The van der Waals surface area contributed by atoms with Crippen molar-refractivity contribution in [3.05, 3.63) is 69.5 Å². The van der Waals surface area contributed by atoms with Crippen molar-refractivity contribution in [1.29, 1.82) is 0 Å². The third-order valence-corrected chi connectivity index (χ3v) is 5.53. The lowest BCUT2D eigenvalue weighted by Gasteiger charge is -2.30. The van der Waals surface area contributed by atoms with Crippen LogP contribution < -0.4 is 5.32 Å². The van der Waals surface area contributed by atoms with Crippen molar-refractivity contribution < 1.29 is 14.0 Å². The predicted octanol–water partition coefficient (Wildman–Crippen LogP) is 5.01. The molecule has 0 saturated heterocycles. The van der Waals surface area contributed by atoms with Gasteiger partial charge in [0.25, 0.3) is 0 Å². The topological polar surface area (TPSA) is 49.4 Å². The summed E-state index contributed by atoms with van der Waals surface area (Å²) in [6, 6.07) is 10.2. The number of carbonyl (C=O) groups excluding carboxylic acids is 2. The number of nitrogens with one attached hydrogen (secondary N) is 1. The molecule has 0 saturated carbocycles. The maximum atomic E-state index is 13.3. The van der Waals surface area contributed by atoms with Crippen molar-refractivity contribution in [2.75, 3.05) is 0 Å². The van der Waals surface area contributed by atoms with E-state index in [0.29, 0.717) is 21.2 Å². The Labute approximate surface area is 181 Å². The lowest BCUT2D eigenvalue weighted by Crippen LogP contribution is -2.49. The molecular weight excluding hydrogens is 414 g/mol. The number of hydrogen-bond donors (Lipinski definition) is 1. The molecule has 29 heavy (non-hydrogen) atoms. The van der Waals surface area contributed by atoms with Gasteiger partial charge in [0.15, 0.2) is 0 Å². The highest BCUT2D eigenvalue weighted by molar-refractivity contribution is 6.36. The second-order valence-corrected chi connectivity index (χ2v) is 7.83. The molecule has 2 aromatic rings. The van der Waals surface area contributed by atoms with Crippen molar-refractivity contribution in [3.8, 4) is 0 Å². The molecule has 2 atom stereocenters. The quantitative estimate of drug-likeness (QED) is 0.629. The molecule has 4 nitrogen and oxygen atoms in total. The van der Waals surface area contributed by atoms with Gasteiger partial charge in [-0.2, -0.15) is 0 Å². The summed E-state index contributed by atoms with van der Waals surface area (Å²) in [6.07, 6.45) is 0.736. The van der Waals surface area contributed by atoms with Gasteiger partial charge in [-0.05, 0) is 55.7 Å². The van der Waals surface area contributed by atoms with Gasteiger partial charge < -0.3 is 10.2 Å². The zero-order valence-corrected chi connectivity index (χ0v) is 18.2. The first-order chi connectivity index (χ1) is 13.7. The molecule has 2 amide bonds. The smallest absolute Gasteiger partial charge is 0.242 e. The van der Waals surface area contributed by atoms with Crippen LogP contribution >= 0.6 is 23.2 Å². The molecule has 0 radical (unpaired) electrons. The lowest BCUT2D eigenvalue weighted by atomic mass is 10.1. The number of nitrogens with zero attached hydrogens (tertiary/aromatic N) is 1. The largest absolute Gasteiger partial charge is 0.352 e. The summed E-state index contributed by atoms with van der Waals surface area (Å²) < 4.78 is 13.3. The van der Waals surface area contributed by atoms with E-state index in [-0.39, 0.29) is 36.6 Å². The molecule has 156 valence electrons. The summed E-state index contributed by atoms with van der Waals surface area (Å²) in [7, 11) is 0. The highest BCUT2D eigenvalue weighted by Crippen LogP contribution is 2.26. The Hall–Kier alpha value is -2.11. The van der Waals surface area contributed by atoms with Gasteiger partial charge in [-0.15, -0.1) is 0 Å². The number of rotatable bonds is 8. The maximum absolute atomic E-state index is 13.3. The van der Waals surface area contributed by atoms with E-state index >= 15 is 0 Å². The Morgan fingerprint density at radius 3 is 2.21 bits per heavy atom. The highest BCUT2D eigenvalue weighted by atomic mass is 35.5. The fraction of sp³-hybridized carbons (Fsp3) is 0.364. The first-order valence-electron chi connectivity index (χ1n) is 9.50. The van der Waals surface area contributed by atoms with Crippen molar-refractivity contribution in [2.45, 2.75) is 52.2 Å². The Balaban J connectivity index is 2.28. The lowest BCUT2D eigenvalue weighted by molar-refractivity contribution is -0.140. The van der Waals surface area contributed by atoms with Gasteiger partial charge in [-0.3, -0.25) is 9.59 Å². The number of halogens is 3. The van der Waals surface area contributed by atoms with E-state index in [4.69, 9.17) is 23.2 Å². The zero-order valence-electron chi connectivity index (χ0n) is 16.7. The van der Waals surface area contributed by atoms with Crippen LogP contribution in [0.25, 0.3) is 0 Å². The molecule has 0 aromatic heterocycles. The first kappa shape index (κ1) is 23.2. The van der Waals surface area contributed by atoms with Crippen molar-refractivity contribution in [3.63, 3.8) is 0 Å². The highest BCUT2D eigenvalue weighted by Gasteiger charge is 2.27. The zero-order chi connectivity index (χ0) is 21.6. The molecule has 2 rings (SSSR count). The van der Waals surface area contributed by atoms with Gasteiger partial charge in [-0.1, -0.05) is 48.3 Å². The number of carbonyl (C=O) groups is 2. The van der Waals surface area contributed by atoms with Crippen molar-refractivity contribution >= 4 is 35.0 Å². The van der Waals surface area contributed by atoms with Gasteiger partial charge in [-0.25, -0.2) is 4.39 Å². The van der Waals surface area contributed by atoms with Crippen LogP contribution in [-0.4, -0.2) is 28.8 Å². The molecule has 0 unspecified atom stereocenters. The molecular formula is C22H25Cl2FN2O2. The minimum atomic E-state index is -0.720. The van der Waals surface area contributed by atoms with Crippen LogP contribution in [0.3, 0.4) is 0 Å². The Kier molecular flexibility index (Phi) is 8.47. The van der Waals surface area contributed by atoms with Gasteiger partial charge in [0.1, 0.15) is 11.9 Å². The van der Waals surface area contributed by atoms with E-state index in [1.165, 1.54) is 17.0 Å². The van der Waals surface area contributed by atoms with Crippen molar-refractivity contribution in [1.82, 2.24) is 10.2 Å². The van der Waals surface area contributed by atoms with Gasteiger partial charge >= 0.3 is 0 Å². The van der Waals surface area contributed by atoms with E-state index in [1.807, 2.05) is 13.8 Å². The maximum Gasteiger partial charge on any atom is 0.242 e. The Morgan fingerprint density at radius 1 is 1.07 bits per heavy atom. The third-order valence-electron chi connectivity index (χ3n) is 4.82. The molecule has 2 aromatic carbocycles. The SMILES string of the molecule is CC[C@H](C)NC(=O)[C@H](C)N(Cc1ccc(F)cc1)C(=O)Cc1c(Cl)cccc1Cl. The van der Waals surface area contributed by atoms with E-state index in [1.54, 1.807) is 37.3 Å². The number of hydrogen-bond acceptors (Lipinski definition) is 2. The predicted molar refractivity (Wildman–Crippen MR) is 114 cm³/mol. The molecule has 0 aliphatic carbocycles. The summed E-state index contributed by atoms with van der Waals surface area (Å²) in [6.45, 7) is 5.71. The normalized spacial score (nSPS) is 12.9. The molecule has 0 heterocycles. The van der Waals surface area contributed by atoms with Gasteiger partial charge in [0.2, 0.25) is 11.8 Å². The average molecular weight is 439 g/mol. The summed E-state index contributed by atoms with van der Waals surface area (Å²) in [5.41, 5.74) is 1.23. The van der Waals surface area contributed by atoms with Crippen LogP contribution in [0.15, 0.2) is 42.5 Å². The Bertz CT molecular complexity index is 838. The summed E-state index contributed by atoms with van der Waals surface area (Å²) in [5.74, 6) is -0.909. The second kappa shape index (κ2) is 10.6. The van der Waals surface area contributed by atoms with E-state index in [9.17, 15) is 14.0 Å². The van der Waals surface area contributed by atoms with Crippen LogP contribution in [-0.2, 0) is 22.6 Å². The average Bonchev–Trinajstić information content (AvgIpc) is 2.69. The van der Waals surface area contributed by atoms with Crippen molar-refractivity contribution in [2.24, 2.45) is 0 Å². The fourth-order valence-corrected chi connectivity index (χ4v) is 3.32. The minimum Gasteiger partial charge on any atom is -0.352 e. The van der Waals surface area contributed by atoms with Gasteiger partial charge in [0, 0.05) is 22.6 Å². The second-order valence-electron chi connectivity index (χ2n) is 7.02. The molecule has 0 fully saturated rings. The monoisotopic (exact) mass is 438 g/mol. The summed E-state index contributed by atoms with van der Waals surface area (Å²) in [5, 5.41) is 3.69. The standard InChI is InChI=1S/C22H25Cl2FN2O2/c1-4-14(2)26-22(29)15(3)27(13-16-8-10-17(25)11-9-16)21(28)12-18-19(23)6-5-7-20(18)24/h5-11,14-15H,4,12-13H2,1-3H3,(H,26,29)/t14-,15-/m0/s1. The van der Waals surface area contributed by atoms with Crippen LogP contribution in [0.5, 0.6) is 0 Å². The van der Waals surface area contributed by atoms with Gasteiger partial charge in [0.05, 0.1) is 6.42 Å². The van der Waals surface area contributed by atoms with Crippen LogP contribution in [0.2, 0.25) is 10.0 Å². The number of benzene rings is 2. The fourth-order valence-electron chi connectivity index (χ4n) is 2.79. The molecule has 0 bridgehead atoms. The summed E-state index contributed by atoms with van der Waals surface area (Å²) >= 11 is 12.4. The van der Waals surface area contributed by atoms with Crippen LogP contribution in [0.1, 0.15) is 38.3 Å². The van der Waals surface area contributed by atoms with E-state index in [2.05, 4.69) is 5.32 Å². The van der Waals surface area contributed by atoms with Crippen LogP contribution in [0.4, 0.5) is 4.39 Å². The van der Waals surface area contributed by atoms with E-state index < -0.39 is 6.04 Å². The van der Waals surface area contributed by atoms with E-state index in [0.717, 1.165) is 6.42 Å². The molecule has 0 spiro atoms. The molecule has 1 N–H and O–H groups in total. The Morgan fingerprint density at radius 2 is 1.66 bits per heavy atom. The third kappa shape index (κ3) is 6.44. The molecule has 7 heteroatoms. The summed E-state index contributed by atoms with van der Waals surface area (Å²) in [4.78, 5) is 27.3. The molecule has 0 aliphatic heterocycles. The number of amides is 2. The minimum absolute atomic E-state index is 0.00858.